The molecule has 2 aromatic rings. The fourth-order valence-electron chi connectivity index (χ4n) is 3.22. The van der Waals surface area contributed by atoms with Crippen molar-refractivity contribution >= 4 is 17.5 Å². The highest BCUT2D eigenvalue weighted by molar-refractivity contribution is 6.03. The number of carbonyl (C=O) groups excluding carboxylic acids is 2. The fourth-order valence-corrected chi connectivity index (χ4v) is 3.22. The number of anilines is 1. The molecule has 0 saturated heterocycles. The Morgan fingerprint density at radius 3 is 2.59 bits per heavy atom. The van der Waals surface area contributed by atoms with Crippen molar-refractivity contribution in [1.82, 2.24) is 14.9 Å². The zero-order valence-electron chi connectivity index (χ0n) is 16.0. The summed E-state index contributed by atoms with van der Waals surface area (Å²) < 4.78 is 7.29. The maximum absolute atomic E-state index is 12.8. The van der Waals surface area contributed by atoms with E-state index in [1.54, 1.807) is 12.1 Å². The minimum atomic E-state index is -0.314. The summed E-state index contributed by atoms with van der Waals surface area (Å²) in [7, 11) is 0. The molecule has 0 unspecified atom stereocenters. The number of ether oxygens (including phenoxy) is 1. The first kappa shape index (κ1) is 18.9. The molecule has 7 nitrogen and oxygen atoms in total. The van der Waals surface area contributed by atoms with Gasteiger partial charge in [0, 0.05) is 18.3 Å². The number of aromatic nitrogens is 2. The number of benzene rings is 1. The Morgan fingerprint density at radius 1 is 1.19 bits per heavy atom. The summed E-state index contributed by atoms with van der Waals surface area (Å²) in [5.74, 6) is 0.496. The van der Waals surface area contributed by atoms with Crippen LogP contribution in [0.2, 0.25) is 0 Å². The third kappa shape index (κ3) is 4.30. The van der Waals surface area contributed by atoms with E-state index in [-0.39, 0.29) is 23.7 Å². The Balaban J connectivity index is 1.83. The van der Waals surface area contributed by atoms with Gasteiger partial charge in [0.25, 0.3) is 11.8 Å². The second-order valence-corrected chi connectivity index (χ2v) is 6.88. The van der Waals surface area contributed by atoms with Gasteiger partial charge in [-0.05, 0) is 64.3 Å². The zero-order chi connectivity index (χ0) is 19.4. The van der Waals surface area contributed by atoms with Crippen LogP contribution in [0, 0.1) is 0 Å². The zero-order valence-corrected chi connectivity index (χ0v) is 16.0. The van der Waals surface area contributed by atoms with Crippen LogP contribution >= 0.6 is 0 Å². The van der Waals surface area contributed by atoms with Crippen LogP contribution in [0.25, 0.3) is 0 Å². The van der Waals surface area contributed by atoms with Gasteiger partial charge in [-0.3, -0.25) is 9.59 Å². The molecule has 1 aromatic heterocycles. The van der Waals surface area contributed by atoms with Gasteiger partial charge >= 0.3 is 0 Å². The summed E-state index contributed by atoms with van der Waals surface area (Å²) in [6.07, 6.45) is 2.72. The van der Waals surface area contributed by atoms with E-state index in [1.165, 1.54) is 0 Å². The molecule has 27 heavy (non-hydrogen) atoms. The predicted molar refractivity (Wildman–Crippen MR) is 103 cm³/mol. The predicted octanol–water partition coefficient (Wildman–Crippen LogP) is 3.01. The third-order valence-electron chi connectivity index (χ3n) is 4.38. The molecule has 0 spiro atoms. The Bertz CT molecular complexity index is 824. The lowest BCUT2D eigenvalue weighted by Crippen LogP contribution is -2.31. The van der Waals surface area contributed by atoms with Crippen molar-refractivity contribution in [3.8, 4) is 5.75 Å². The van der Waals surface area contributed by atoms with E-state index in [1.807, 2.05) is 37.5 Å². The van der Waals surface area contributed by atoms with E-state index in [0.717, 1.165) is 30.7 Å². The van der Waals surface area contributed by atoms with Crippen LogP contribution in [0.4, 0.5) is 5.69 Å². The molecule has 2 amide bonds. The van der Waals surface area contributed by atoms with Crippen LogP contribution in [-0.4, -0.2) is 34.0 Å². The second kappa shape index (κ2) is 8.24. The van der Waals surface area contributed by atoms with Crippen LogP contribution in [0.15, 0.2) is 24.3 Å². The SMILES string of the molecule is CCOc1ccc(NC(=O)c2nc(C(=O)NC(C)C)c3n2CCCC3)cc1. The molecular formula is C20H26N4O3. The van der Waals surface area contributed by atoms with Gasteiger partial charge in [-0.25, -0.2) is 4.98 Å². The van der Waals surface area contributed by atoms with Crippen LogP contribution in [0.1, 0.15) is 60.4 Å². The number of fused-ring (bicyclic) bond motifs is 1. The van der Waals surface area contributed by atoms with Crippen LogP contribution < -0.4 is 15.4 Å². The Kier molecular flexibility index (Phi) is 5.78. The van der Waals surface area contributed by atoms with E-state index in [4.69, 9.17) is 4.74 Å². The molecule has 0 radical (unpaired) electrons. The summed E-state index contributed by atoms with van der Waals surface area (Å²) in [5, 5.41) is 5.73. The molecule has 0 saturated carbocycles. The summed E-state index contributed by atoms with van der Waals surface area (Å²) in [6.45, 7) is 7.01. The van der Waals surface area contributed by atoms with Crippen LogP contribution in [0.5, 0.6) is 5.75 Å². The molecule has 2 N–H and O–H groups in total. The third-order valence-corrected chi connectivity index (χ3v) is 4.38. The molecule has 144 valence electrons. The van der Waals surface area contributed by atoms with Crippen LogP contribution in [-0.2, 0) is 13.0 Å². The smallest absolute Gasteiger partial charge is 0.291 e. The number of hydrogen-bond donors (Lipinski definition) is 2. The minimum Gasteiger partial charge on any atom is -0.494 e. The first-order valence-corrected chi connectivity index (χ1v) is 9.44. The molecular weight excluding hydrogens is 344 g/mol. The number of rotatable bonds is 6. The van der Waals surface area contributed by atoms with Crippen LogP contribution in [0.3, 0.4) is 0 Å². The lowest BCUT2D eigenvalue weighted by Gasteiger charge is -2.17. The van der Waals surface area contributed by atoms with Crippen molar-refractivity contribution in [2.45, 2.75) is 52.6 Å². The molecule has 0 atom stereocenters. The molecule has 7 heteroatoms. The van der Waals surface area contributed by atoms with Gasteiger partial charge in [-0.1, -0.05) is 0 Å². The van der Waals surface area contributed by atoms with Crippen molar-refractivity contribution in [3.63, 3.8) is 0 Å². The lowest BCUT2D eigenvalue weighted by molar-refractivity contribution is 0.0937. The molecule has 1 aromatic carbocycles. The monoisotopic (exact) mass is 370 g/mol. The molecule has 0 fully saturated rings. The standard InChI is InChI=1S/C20H26N4O3/c1-4-27-15-10-8-14(9-11-15)22-20(26)18-23-17(19(25)21-13(2)3)16-7-5-6-12-24(16)18/h8-11,13H,4-7,12H2,1-3H3,(H,21,25)(H,22,26). The van der Waals surface area contributed by atoms with Crippen molar-refractivity contribution in [1.29, 1.82) is 0 Å². The highest BCUT2D eigenvalue weighted by Gasteiger charge is 2.27. The molecule has 0 aliphatic carbocycles. The Hall–Kier alpha value is -2.83. The number of amides is 2. The fraction of sp³-hybridized carbons (Fsp3) is 0.450. The topological polar surface area (TPSA) is 85.2 Å². The van der Waals surface area contributed by atoms with Gasteiger partial charge in [0.05, 0.1) is 12.3 Å². The van der Waals surface area contributed by atoms with E-state index in [9.17, 15) is 9.59 Å². The first-order valence-electron chi connectivity index (χ1n) is 9.44. The average molecular weight is 370 g/mol. The van der Waals surface area contributed by atoms with E-state index >= 15 is 0 Å². The second-order valence-electron chi connectivity index (χ2n) is 6.88. The summed E-state index contributed by atoms with van der Waals surface area (Å²) in [4.78, 5) is 29.7. The van der Waals surface area contributed by atoms with Crippen molar-refractivity contribution < 1.29 is 14.3 Å². The lowest BCUT2D eigenvalue weighted by atomic mass is 10.1. The van der Waals surface area contributed by atoms with E-state index in [0.29, 0.717) is 24.5 Å². The van der Waals surface area contributed by atoms with E-state index < -0.39 is 0 Å². The van der Waals surface area contributed by atoms with Crippen molar-refractivity contribution in [2.24, 2.45) is 0 Å². The van der Waals surface area contributed by atoms with Gasteiger partial charge < -0.3 is 19.9 Å². The summed E-state index contributed by atoms with van der Waals surface area (Å²) >= 11 is 0. The first-order chi connectivity index (χ1) is 13.0. The average Bonchev–Trinajstić information content (AvgIpc) is 3.03. The van der Waals surface area contributed by atoms with E-state index in [2.05, 4.69) is 15.6 Å². The quantitative estimate of drug-likeness (QED) is 0.818. The number of hydrogen-bond acceptors (Lipinski definition) is 4. The largest absolute Gasteiger partial charge is 0.494 e. The maximum Gasteiger partial charge on any atom is 0.291 e. The van der Waals surface area contributed by atoms with Gasteiger partial charge in [-0.2, -0.15) is 0 Å². The maximum atomic E-state index is 12.8. The normalized spacial score (nSPS) is 13.2. The molecule has 1 aliphatic heterocycles. The van der Waals surface area contributed by atoms with Crippen molar-refractivity contribution in [2.75, 3.05) is 11.9 Å². The van der Waals surface area contributed by atoms with Crippen molar-refractivity contribution in [3.05, 3.63) is 41.5 Å². The van der Waals surface area contributed by atoms with Gasteiger partial charge in [0.2, 0.25) is 0 Å². The number of nitrogens with one attached hydrogen (secondary N) is 2. The summed E-state index contributed by atoms with van der Waals surface area (Å²) in [5.41, 5.74) is 1.86. The number of nitrogens with zero attached hydrogens (tertiary/aromatic N) is 2. The summed E-state index contributed by atoms with van der Waals surface area (Å²) in [6, 6.07) is 7.20. The minimum absolute atomic E-state index is 0.0135. The van der Waals surface area contributed by atoms with Gasteiger partial charge in [-0.15, -0.1) is 0 Å². The highest BCUT2D eigenvalue weighted by Crippen LogP contribution is 2.22. The molecule has 0 bridgehead atoms. The molecule has 1 aliphatic rings. The number of imidazole rings is 1. The van der Waals surface area contributed by atoms with Gasteiger partial charge in [0.1, 0.15) is 11.4 Å². The van der Waals surface area contributed by atoms with Gasteiger partial charge in [0.15, 0.2) is 5.82 Å². The highest BCUT2D eigenvalue weighted by atomic mass is 16.5. The Labute approximate surface area is 159 Å². The molecule has 2 heterocycles. The number of carbonyl (C=O) groups is 2. The Morgan fingerprint density at radius 2 is 1.93 bits per heavy atom. The molecule has 3 rings (SSSR count).